The van der Waals surface area contributed by atoms with Gasteiger partial charge in [0, 0.05) is 25.1 Å². The van der Waals surface area contributed by atoms with Gasteiger partial charge in [0.05, 0.1) is 6.61 Å². The maximum Gasteiger partial charge on any atom is 0.115 e. The Balaban J connectivity index is 2.96. The molecule has 0 aliphatic carbocycles. The van der Waals surface area contributed by atoms with E-state index in [0.29, 0.717) is 13.0 Å². The number of ether oxygens (including phenoxy) is 1. The fourth-order valence-electron chi connectivity index (χ4n) is 1.87. The van der Waals surface area contributed by atoms with E-state index in [1.54, 1.807) is 19.5 Å². The van der Waals surface area contributed by atoms with Crippen LogP contribution in [0.1, 0.15) is 24.0 Å². The molecule has 1 aromatic heterocycles. The first-order valence-corrected chi connectivity index (χ1v) is 5.46. The van der Waals surface area contributed by atoms with Gasteiger partial charge in [-0.2, -0.15) is 0 Å². The molecule has 0 radical (unpaired) electrons. The van der Waals surface area contributed by atoms with Crippen LogP contribution < -0.4 is 5.73 Å². The SMILES string of the molecule is COCC(O)(CCCN)c1cnccc1C. The zero-order chi connectivity index (χ0) is 12.0. The third kappa shape index (κ3) is 3.01. The van der Waals surface area contributed by atoms with E-state index in [1.807, 2.05) is 13.0 Å². The largest absolute Gasteiger partial charge is 0.383 e. The van der Waals surface area contributed by atoms with Crippen LogP contribution in [0.15, 0.2) is 18.5 Å². The van der Waals surface area contributed by atoms with Crippen LogP contribution in [0.3, 0.4) is 0 Å². The molecule has 0 amide bonds. The van der Waals surface area contributed by atoms with E-state index in [9.17, 15) is 5.11 Å². The van der Waals surface area contributed by atoms with Gasteiger partial charge < -0.3 is 15.6 Å². The molecule has 4 nitrogen and oxygen atoms in total. The maximum absolute atomic E-state index is 10.6. The lowest BCUT2D eigenvalue weighted by Gasteiger charge is -2.28. The minimum Gasteiger partial charge on any atom is -0.383 e. The van der Waals surface area contributed by atoms with Gasteiger partial charge >= 0.3 is 0 Å². The van der Waals surface area contributed by atoms with Crippen molar-refractivity contribution in [2.24, 2.45) is 5.73 Å². The smallest absolute Gasteiger partial charge is 0.115 e. The second-order valence-corrected chi connectivity index (χ2v) is 4.05. The molecule has 0 aromatic carbocycles. The first-order chi connectivity index (χ1) is 7.64. The number of aromatic nitrogens is 1. The molecule has 3 N–H and O–H groups in total. The van der Waals surface area contributed by atoms with Crippen LogP contribution in [0.2, 0.25) is 0 Å². The number of pyridine rings is 1. The Kier molecular flexibility index (Phi) is 4.86. The van der Waals surface area contributed by atoms with Crippen LogP contribution >= 0.6 is 0 Å². The summed E-state index contributed by atoms with van der Waals surface area (Å²) in [5.74, 6) is 0. The molecule has 0 spiro atoms. The molecule has 1 atom stereocenters. The summed E-state index contributed by atoms with van der Waals surface area (Å²) in [4.78, 5) is 4.06. The molecule has 0 aliphatic heterocycles. The van der Waals surface area contributed by atoms with Crippen LogP contribution in [0.4, 0.5) is 0 Å². The quantitative estimate of drug-likeness (QED) is 0.755. The summed E-state index contributed by atoms with van der Waals surface area (Å²) < 4.78 is 5.09. The van der Waals surface area contributed by atoms with Crippen LogP contribution in [0.5, 0.6) is 0 Å². The van der Waals surface area contributed by atoms with E-state index in [1.165, 1.54) is 0 Å². The number of hydrogen-bond acceptors (Lipinski definition) is 4. The number of hydrogen-bond donors (Lipinski definition) is 2. The Morgan fingerprint density at radius 1 is 1.56 bits per heavy atom. The lowest BCUT2D eigenvalue weighted by molar-refractivity contribution is -0.0436. The van der Waals surface area contributed by atoms with Gasteiger partial charge in [0.1, 0.15) is 5.60 Å². The summed E-state index contributed by atoms with van der Waals surface area (Å²) in [6, 6.07) is 1.89. The molecule has 1 heterocycles. The monoisotopic (exact) mass is 224 g/mol. The molecule has 16 heavy (non-hydrogen) atoms. The summed E-state index contributed by atoms with van der Waals surface area (Å²) in [5, 5.41) is 10.6. The minimum absolute atomic E-state index is 0.263. The third-order valence-corrected chi connectivity index (χ3v) is 2.72. The van der Waals surface area contributed by atoms with Crippen LogP contribution in [0, 0.1) is 6.92 Å². The highest BCUT2D eigenvalue weighted by molar-refractivity contribution is 5.28. The van der Waals surface area contributed by atoms with Crippen LogP contribution in [0.25, 0.3) is 0 Å². The maximum atomic E-state index is 10.6. The van der Waals surface area contributed by atoms with E-state index >= 15 is 0 Å². The first kappa shape index (κ1) is 13.1. The molecule has 1 rings (SSSR count). The number of aryl methyl sites for hydroxylation is 1. The van der Waals surface area contributed by atoms with Gasteiger partial charge in [-0.1, -0.05) is 0 Å². The van der Waals surface area contributed by atoms with Crippen LogP contribution in [-0.2, 0) is 10.3 Å². The summed E-state index contributed by atoms with van der Waals surface area (Å²) in [7, 11) is 1.58. The van der Waals surface area contributed by atoms with Crippen LogP contribution in [-0.4, -0.2) is 30.4 Å². The first-order valence-electron chi connectivity index (χ1n) is 5.46. The highest BCUT2D eigenvalue weighted by atomic mass is 16.5. The second-order valence-electron chi connectivity index (χ2n) is 4.05. The molecule has 1 unspecified atom stereocenters. The van der Waals surface area contributed by atoms with Gasteiger partial charge in [-0.3, -0.25) is 4.98 Å². The van der Waals surface area contributed by atoms with Crippen molar-refractivity contribution in [1.29, 1.82) is 0 Å². The van der Waals surface area contributed by atoms with Gasteiger partial charge in [-0.05, 0) is 37.9 Å². The Bertz CT molecular complexity index is 331. The molecular formula is C12H20N2O2. The Hall–Kier alpha value is -0.970. The number of aliphatic hydroxyl groups is 1. The molecule has 90 valence electrons. The van der Waals surface area contributed by atoms with Crippen molar-refractivity contribution in [2.75, 3.05) is 20.3 Å². The Morgan fingerprint density at radius 3 is 2.88 bits per heavy atom. The van der Waals surface area contributed by atoms with Gasteiger partial charge in [0.2, 0.25) is 0 Å². The average molecular weight is 224 g/mol. The van der Waals surface area contributed by atoms with Crippen molar-refractivity contribution in [3.05, 3.63) is 29.6 Å². The predicted octanol–water partition coefficient (Wildman–Crippen LogP) is 0.963. The third-order valence-electron chi connectivity index (χ3n) is 2.72. The van der Waals surface area contributed by atoms with Gasteiger partial charge in [0.25, 0.3) is 0 Å². The topological polar surface area (TPSA) is 68.4 Å². The summed E-state index contributed by atoms with van der Waals surface area (Å²) >= 11 is 0. The molecule has 0 saturated heterocycles. The molecular weight excluding hydrogens is 204 g/mol. The van der Waals surface area contributed by atoms with Crippen molar-refractivity contribution >= 4 is 0 Å². The van der Waals surface area contributed by atoms with Crippen molar-refractivity contribution in [2.45, 2.75) is 25.4 Å². The molecule has 1 aromatic rings. The Labute approximate surface area is 96.5 Å². The number of nitrogens with zero attached hydrogens (tertiary/aromatic N) is 1. The fourth-order valence-corrected chi connectivity index (χ4v) is 1.87. The second kappa shape index (κ2) is 5.94. The summed E-state index contributed by atoms with van der Waals surface area (Å²) in [6.07, 6.45) is 4.76. The average Bonchev–Trinajstić information content (AvgIpc) is 2.27. The van der Waals surface area contributed by atoms with Gasteiger partial charge in [-0.25, -0.2) is 0 Å². The standard InChI is InChI=1S/C12H20N2O2/c1-10-4-7-14-8-11(10)12(15,9-16-2)5-3-6-13/h4,7-8,15H,3,5-6,9,13H2,1-2H3. The van der Waals surface area contributed by atoms with E-state index < -0.39 is 5.60 Å². The minimum atomic E-state index is -0.980. The predicted molar refractivity (Wildman–Crippen MR) is 63.0 cm³/mol. The normalized spacial score (nSPS) is 14.8. The van der Waals surface area contributed by atoms with E-state index in [0.717, 1.165) is 17.5 Å². The van der Waals surface area contributed by atoms with Crippen molar-refractivity contribution in [1.82, 2.24) is 4.98 Å². The van der Waals surface area contributed by atoms with Gasteiger partial charge in [-0.15, -0.1) is 0 Å². The summed E-state index contributed by atoms with van der Waals surface area (Å²) in [6.45, 7) is 2.78. The number of nitrogens with two attached hydrogens (primary N) is 1. The highest BCUT2D eigenvalue weighted by Gasteiger charge is 2.30. The Morgan fingerprint density at radius 2 is 2.31 bits per heavy atom. The lowest BCUT2D eigenvalue weighted by Crippen LogP contribution is -2.33. The van der Waals surface area contributed by atoms with E-state index in [4.69, 9.17) is 10.5 Å². The van der Waals surface area contributed by atoms with E-state index in [-0.39, 0.29) is 6.61 Å². The summed E-state index contributed by atoms with van der Waals surface area (Å²) in [5.41, 5.74) is 6.35. The zero-order valence-corrected chi connectivity index (χ0v) is 9.94. The van der Waals surface area contributed by atoms with Crippen molar-refractivity contribution in [3.8, 4) is 0 Å². The van der Waals surface area contributed by atoms with Crippen molar-refractivity contribution < 1.29 is 9.84 Å². The number of rotatable bonds is 6. The van der Waals surface area contributed by atoms with Crippen molar-refractivity contribution in [3.63, 3.8) is 0 Å². The molecule has 0 bridgehead atoms. The molecule has 4 heteroatoms. The fraction of sp³-hybridized carbons (Fsp3) is 0.583. The molecule has 0 fully saturated rings. The highest BCUT2D eigenvalue weighted by Crippen LogP contribution is 2.28. The zero-order valence-electron chi connectivity index (χ0n) is 9.94. The van der Waals surface area contributed by atoms with Gasteiger partial charge in [0.15, 0.2) is 0 Å². The molecule has 0 saturated carbocycles. The number of methoxy groups -OCH3 is 1. The lowest BCUT2D eigenvalue weighted by atomic mass is 9.88. The van der Waals surface area contributed by atoms with E-state index in [2.05, 4.69) is 4.98 Å². The molecule has 0 aliphatic rings.